The molecule has 0 amide bonds. The minimum Gasteiger partial charge on any atom is -0.493 e. The number of nitrogen functional groups attached to an aromatic ring is 1. The molecule has 3 rings (SSSR count). The van der Waals surface area contributed by atoms with E-state index in [-0.39, 0.29) is 0 Å². The van der Waals surface area contributed by atoms with Crippen LogP contribution >= 0.6 is 0 Å². The summed E-state index contributed by atoms with van der Waals surface area (Å²) in [5.41, 5.74) is 8.00. The Bertz CT molecular complexity index is 636. The molecule has 5 nitrogen and oxygen atoms in total. The molecule has 2 aromatic rings. The molecule has 1 aromatic carbocycles. The van der Waals surface area contributed by atoms with Crippen LogP contribution in [-0.4, -0.2) is 23.8 Å². The van der Waals surface area contributed by atoms with Crippen molar-refractivity contribution in [3.63, 3.8) is 0 Å². The smallest absolute Gasteiger partial charge is 0.201 e. The summed E-state index contributed by atoms with van der Waals surface area (Å²) in [6.07, 6.45) is 3.65. The number of nitrogens with two attached hydrogens (primary N) is 1. The molecule has 1 heterocycles. The first-order chi connectivity index (χ1) is 9.69. The number of hydrogen-bond acceptors (Lipinski definition) is 4. The van der Waals surface area contributed by atoms with E-state index in [4.69, 9.17) is 15.2 Å². The summed E-state index contributed by atoms with van der Waals surface area (Å²) in [5.74, 6) is 2.71. The van der Waals surface area contributed by atoms with Crippen molar-refractivity contribution in [1.82, 2.24) is 9.55 Å². The first-order valence-electron chi connectivity index (χ1n) is 7.09. The third-order valence-corrected chi connectivity index (χ3v) is 4.10. The Balaban J connectivity index is 2.06. The van der Waals surface area contributed by atoms with Gasteiger partial charge < -0.3 is 19.8 Å². The van der Waals surface area contributed by atoms with Crippen LogP contribution in [0.5, 0.6) is 11.5 Å². The molecule has 1 aromatic heterocycles. The molecule has 20 heavy (non-hydrogen) atoms. The third kappa shape index (κ3) is 1.97. The summed E-state index contributed by atoms with van der Waals surface area (Å²) in [6, 6.07) is 4.34. The highest BCUT2D eigenvalue weighted by atomic mass is 16.5. The zero-order valence-corrected chi connectivity index (χ0v) is 12.2. The monoisotopic (exact) mass is 275 g/mol. The highest BCUT2D eigenvalue weighted by Crippen LogP contribution is 2.49. The molecule has 2 atom stereocenters. The fraction of sp³-hybridized carbons (Fsp3) is 0.533. The lowest BCUT2D eigenvalue weighted by atomic mass is 10.2. The molecule has 5 heteroatoms. The number of aromatic nitrogens is 2. The second kappa shape index (κ2) is 4.89. The highest BCUT2D eigenvalue weighted by Gasteiger charge is 2.39. The molecule has 0 saturated heterocycles. The Morgan fingerprint density at radius 2 is 2.00 bits per heavy atom. The molecule has 1 fully saturated rings. The van der Waals surface area contributed by atoms with E-state index in [2.05, 4.69) is 16.5 Å². The second-order valence-electron chi connectivity index (χ2n) is 5.39. The quantitative estimate of drug-likeness (QED) is 0.911. The van der Waals surface area contributed by atoms with Crippen LogP contribution in [0.1, 0.15) is 32.2 Å². The van der Waals surface area contributed by atoms with Gasteiger partial charge in [0.25, 0.3) is 0 Å². The lowest BCUT2D eigenvalue weighted by Crippen LogP contribution is -2.02. The molecule has 0 aliphatic heterocycles. The molecule has 0 bridgehead atoms. The third-order valence-electron chi connectivity index (χ3n) is 4.10. The highest BCUT2D eigenvalue weighted by molar-refractivity contribution is 5.82. The van der Waals surface area contributed by atoms with Crippen molar-refractivity contribution in [3.8, 4) is 11.5 Å². The second-order valence-corrected chi connectivity index (χ2v) is 5.39. The van der Waals surface area contributed by atoms with Crippen molar-refractivity contribution in [1.29, 1.82) is 0 Å². The number of rotatable bonds is 5. The first kappa shape index (κ1) is 13.1. The first-order valence-corrected chi connectivity index (χ1v) is 7.09. The van der Waals surface area contributed by atoms with Gasteiger partial charge in [-0.25, -0.2) is 4.98 Å². The van der Waals surface area contributed by atoms with Crippen molar-refractivity contribution in [2.75, 3.05) is 20.0 Å². The minimum absolute atomic E-state index is 0.484. The van der Waals surface area contributed by atoms with Gasteiger partial charge in [0.05, 0.1) is 25.3 Å². The van der Waals surface area contributed by atoms with Gasteiger partial charge in [-0.1, -0.05) is 13.3 Å². The van der Waals surface area contributed by atoms with Crippen LogP contribution in [0.25, 0.3) is 11.0 Å². The van der Waals surface area contributed by atoms with E-state index in [0.29, 0.717) is 23.5 Å². The van der Waals surface area contributed by atoms with Gasteiger partial charge in [0.2, 0.25) is 5.95 Å². The average molecular weight is 275 g/mol. The number of methoxy groups -OCH3 is 2. The SMILES string of the molecule is CCCC1CC1n1c(N)nc2cc(OC)c(OC)cc21. The number of fused-ring (bicyclic) bond motifs is 1. The Hall–Kier alpha value is -1.91. The van der Waals surface area contributed by atoms with E-state index >= 15 is 0 Å². The van der Waals surface area contributed by atoms with Crippen molar-refractivity contribution in [2.24, 2.45) is 5.92 Å². The minimum atomic E-state index is 0.484. The fourth-order valence-electron chi connectivity index (χ4n) is 3.02. The van der Waals surface area contributed by atoms with Crippen LogP contribution in [0.15, 0.2) is 12.1 Å². The number of nitrogens with zero attached hydrogens (tertiary/aromatic N) is 2. The predicted octanol–water partition coefficient (Wildman–Crippen LogP) is 3.00. The molecule has 1 aliphatic rings. The van der Waals surface area contributed by atoms with E-state index in [0.717, 1.165) is 17.0 Å². The summed E-state index contributed by atoms with van der Waals surface area (Å²) in [6.45, 7) is 2.22. The molecule has 0 radical (unpaired) electrons. The maximum absolute atomic E-state index is 6.11. The Morgan fingerprint density at radius 1 is 1.30 bits per heavy atom. The van der Waals surface area contributed by atoms with Gasteiger partial charge in [-0.2, -0.15) is 0 Å². The number of benzene rings is 1. The van der Waals surface area contributed by atoms with Crippen molar-refractivity contribution in [3.05, 3.63) is 12.1 Å². The van der Waals surface area contributed by atoms with E-state index < -0.39 is 0 Å². The maximum Gasteiger partial charge on any atom is 0.201 e. The van der Waals surface area contributed by atoms with Crippen LogP contribution < -0.4 is 15.2 Å². The van der Waals surface area contributed by atoms with Crippen molar-refractivity contribution >= 4 is 17.0 Å². The molecular formula is C15H21N3O2. The van der Waals surface area contributed by atoms with Crippen LogP contribution in [0.3, 0.4) is 0 Å². The summed E-state index contributed by atoms with van der Waals surface area (Å²) >= 11 is 0. The topological polar surface area (TPSA) is 62.3 Å². The van der Waals surface area contributed by atoms with Crippen molar-refractivity contribution < 1.29 is 9.47 Å². The zero-order valence-electron chi connectivity index (χ0n) is 12.2. The van der Waals surface area contributed by atoms with E-state index in [1.807, 2.05) is 12.1 Å². The van der Waals surface area contributed by atoms with Crippen LogP contribution in [0.4, 0.5) is 5.95 Å². The summed E-state index contributed by atoms with van der Waals surface area (Å²) < 4.78 is 12.8. The Morgan fingerprint density at radius 3 is 2.65 bits per heavy atom. The lowest BCUT2D eigenvalue weighted by Gasteiger charge is -2.09. The van der Waals surface area contributed by atoms with Gasteiger partial charge in [0, 0.05) is 18.2 Å². The normalized spacial score (nSPS) is 21.1. The molecule has 2 unspecified atom stereocenters. The Labute approximate surface area is 118 Å². The molecular weight excluding hydrogens is 254 g/mol. The lowest BCUT2D eigenvalue weighted by molar-refractivity contribution is 0.355. The molecule has 0 spiro atoms. The van der Waals surface area contributed by atoms with Gasteiger partial charge >= 0.3 is 0 Å². The van der Waals surface area contributed by atoms with Gasteiger partial charge in [0.1, 0.15) is 0 Å². The predicted molar refractivity (Wildman–Crippen MR) is 79.3 cm³/mol. The van der Waals surface area contributed by atoms with E-state index in [9.17, 15) is 0 Å². The molecule has 108 valence electrons. The van der Waals surface area contributed by atoms with E-state index in [1.54, 1.807) is 14.2 Å². The molecule has 2 N–H and O–H groups in total. The number of anilines is 1. The fourth-order valence-corrected chi connectivity index (χ4v) is 3.02. The maximum atomic E-state index is 6.11. The van der Waals surface area contributed by atoms with Gasteiger partial charge in [0.15, 0.2) is 11.5 Å². The summed E-state index contributed by atoms with van der Waals surface area (Å²) in [5, 5.41) is 0. The van der Waals surface area contributed by atoms with Crippen LogP contribution in [-0.2, 0) is 0 Å². The summed E-state index contributed by atoms with van der Waals surface area (Å²) in [7, 11) is 3.27. The largest absolute Gasteiger partial charge is 0.493 e. The molecule has 1 saturated carbocycles. The number of hydrogen-bond donors (Lipinski definition) is 1. The van der Waals surface area contributed by atoms with Crippen molar-refractivity contribution in [2.45, 2.75) is 32.2 Å². The van der Waals surface area contributed by atoms with Gasteiger partial charge in [-0.3, -0.25) is 0 Å². The van der Waals surface area contributed by atoms with E-state index in [1.165, 1.54) is 19.3 Å². The van der Waals surface area contributed by atoms with Gasteiger partial charge in [-0.05, 0) is 18.8 Å². The summed E-state index contributed by atoms with van der Waals surface area (Å²) in [4.78, 5) is 4.46. The van der Waals surface area contributed by atoms with Gasteiger partial charge in [-0.15, -0.1) is 0 Å². The van der Waals surface area contributed by atoms with Crippen LogP contribution in [0.2, 0.25) is 0 Å². The number of ether oxygens (including phenoxy) is 2. The Kier molecular flexibility index (Phi) is 3.20. The molecule has 1 aliphatic carbocycles. The van der Waals surface area contributed by atoms with Crippen LogP contribution in [0, 0.1) is 5.92 Å². The zero-order chi connectivity index (χ0) is 14.3. The standard InChI is InChI=1S/C15H21N3O2/c1-4-5-9-6-11(9)18-12-8-14(20-3)13(19-2)7-10(12)17-15(18)16/h7-9,11H,4-6H2,1-3H3,(H2,16,17). The average Bonchev–Trinajstić information content (AvgIpc) is 3.11. The number of imidazole rings is 1.